The van der Waals surface area contributed by atoms with Crippen LogP contribution in [0.1, 0.15) is 34.1 Å². The molecule has 5 heteroatoms. The third-order valence-corrected chi connectivity index (χ3v) is 2.18. The third-order valence-electron chi connectivity index (χ3n) is 2.18. The van der Waals surface area contributed by atoms with Gasteiger partial charge in [0.15, 0.2) is 0 Å². The van der Waals surface area contributed by atoms with Crippen LogP contribution >= 0.6 is 0 Å². The number of carbonyl (C=O) groups excluding carboxylic acids is 2. The Hall–Kier alpha value is -1.65. The van der Waals surface area contributed by atoms with Crippen LogP contribution in [0.3, 0.4) is 0 Å². The normalized spacial score (nSPS) is 13.7. The van der Waals surface area contributed by atoms with Crippen LogP contribution in [-0.2, 0) is 9.53 Å². The van der Waals surface area contributed by atoms with E-state index in [1.807, 2.05) is 6.92 Å². The standard InChI is InChI=1S/C14H24N2O3/c1-11(7-6-9-15-5)12(17)8-10-16-13(18)19-14(2,3)4/h6-7,9,11H,8,10H2,1-5H3,(H,16,18)/b7-6-,15-9-. The van der Waals surface area contributed by atoms with Crippen LogP contribution in [0.5, 0.6) is 0 Å². The molecule has 0 aromatic heterocycles. The van der Waals surface area contributed by atoms with Crippen molar-refractivity contribution in [1.29, 1.82) is 0 Å². The van der Waals surface area contributed by atoms with Gasteiger partial charge in [0.2, 0.25) is 0 Å². The molecule has 1 atom stereocenters. The Morgan fingerprint density at radius 1 is 1.37 bits per heavy atom. The summed E-state index contributed by atoms with van der Waals surface area (Å²) in [4.78, 5) is 26.9. The van der Waals surface area contributed by atoms with Gasteiger partial charge < -0.3 is 10.1 Å². The molecule has 0 spiro atoms. The van der Waals surface area contributed by atoms with Crippen LogP contribution in [0, 0.1) is 5.92 Å². The minimum Gasteiger partial charge on any atom is -0.444 e. The second-order valence-corrected chi connectivity index (χ2v) is 5.23. The smallest absolute Gasteiger partial charge is 0.407 e. The van der Waals surface area contributed by atoms with Gasteiger partial charge in [-0.1, -0.05) is 13.0 Å². The van der Waals surface area contributed by atoms with E-state index in [9.17, 15) is 9.59 Å². The number of alkyl carbamates (subject to hydrolysis) is 1. The maximum atomic E-state index is 11.7. The van der Waals surface area contributed by atoms with Gasteiger partial charge in [-0.15, -0.1) is 0 Å². The molecule has 108 valence electrons. The average molecular weight is 268 g/mol. The molecule has 1 N–H and O–H groups in total. The molecule has 0 aromatic carbocycles. The van der Waals surface area contributed by atoms with Crippen molar-refractivity contribution in [2.45, 2.75) is 39.7 Å². The van der Waals surface area contributed by atoms with Gasteiger partial charge in [0.25, 0.3) is 0 Å². The first-order valence-electron chi connectivity index (χ1n) is 6.35. The fourth-order valence-electron chi connectivity index (χ4n) is 1.24. The molecule has 0 saturated carbocycles. The van der Waals surface area contributed by atoms with Gasteiger partial charge in [-0.25, -0.2) is 4.79 Å². The lowest BCUT2D eigenvalue weighted by Gasteiger charge is -2.19. The Bertz CT molecular complexity index is 354. The molecule has 0 aliphatic heterocycles. The fourth-order valence-corrected chi connectivity index (χ4v) is 1.24. The number of allylic oxidation sites excluding steroid dienone is 2. The van der Waals surface area contributed by atoms with Gasteiger partial charge >= 0.3 is 6.09 Å². The average Bonchev–Trinajstić information content (AvgIpc) is 2.26. The Labute approximate surface area is 115 Å². The van der Waals surface area contributed by atoms with Crippen molar-refractivity contribution in [1.82, 2.24) is 5.32 Å². The number of nitrogens with one attached hydrogen (secondary N) is 1. The molecule has 0 saturated heterocycles. The minimum absolute atomic E-state index is 0.0665. The largest absolute Gasteiger partial charge is 0.444 e. The third kappa shape index (κ3) is 10.00. The van der Waals surface area contributed by atoms with Crippen molar-refractivity contribution in [2.75, 3.05) is 13.6 Å². The fraction of sp³-hybridized carbons (Fsp3) is 0.643. The molecular weight excluding hydrogens is 244 g/mol. The van der Waals surface area contributed by atoms with Gasteiger partial charge in [0.05, 0.1) is 0 Å². The summed E-state index contributed by atoms with van der Waals surface area (Å²) < 4.78 is 5.07. The molecule has 0 aliphatic rings. The molecule has 0 fully saturated rings. The lowest BCUT2D eigenvalue weighted by molar-refractivity contribution is -0.120. The lowest BCUT2D eigenvalue weighted by Crippen LogP contribution is -2.33. The van der Waals surface area contributed by atoms with E-state index in [1.54, 1.807) is 46.2 Å². The van der Waals surface area contributed by atoms with E-state index < -0.39 is 11.7 Å². The van der Waals surface area contributed by atoms with Gasteiger partial charge in [-0.2, -0.15) is 0 Å². The second-order valence-electron chi connectivity index (χ2n) is 5.23. The first kappa shape index (κ1) is 17.4. The Morgan fingerprint density at radius 3 is 2.53 bits per heavy atom. The summed E-state index contributed by atoms with van der Waals surface area (Å²) in [5.74, 6) is -0.116. The number of hydrogen-bond acceptors (Lipinski definition) is 4. The van der Waals surface area contributed by atoms with E-state index >= 15 is 0 Å². The monoisotopic (exact) mass is 268 g/mol. The second kappa shape index (κ2) is 8.45. The lowest BCUT2D eigenvalue weighted by atomic mass is 10.0. The molecular formula is C14H24N2O3. The number of rotatable bonds is 6. The van der Waals surface area contributed by atoms with E-state index in [-0.39, 0.29) is 24.7 Å². The predicted octanol–water partition coefficient (Wildman–Crippen LogP) is 2.36. The molecule has 19 heavy (non-hydrogen) atoms. The molecule has 0 radical (unpaired) electrons. The zero-order valence-corrected chi connectivity index (χ0v) is 12.4. The maximum absolute atomic E-state index is 11.7. The first-order valence-corrected chi connectivity index (χ1v) is 6.35. The van der Waals surface area contributed by atoms with Crippen molar-refractivity contribution < 1.29 is 14.3 Å². The first-order chi connectivity index (χ1) is 8.76. The maximum Gasteiger partial charge on any atom is 0.407 e. The van der Waals surface area contributed by atoms with Crippen LogP contribution in [-0.4, -0.2) is 37.3 Å². The van der Waals surface area contributed by atoms with E-state index in [4.69, 9.17) is 4.74 Å². The van der Waals surface area contributed by atoms with E-state index in [0.29, 0.717) is 0 Å². The number of nitrogens with zero attached hydrogens (tertiary/aromatic N) is 1. The highest BCUT2D eigenvalue weighted by atomic mass is 16.6. The highest BCUT2D eigenvalue weighted by Gasteiger charge is 2.16. The van der Waals surface area contributed by atoms with Gasteiger partial charge in [0.1, 0.15) is 11.4 Å². The summed E-state index contributed by atoms with van der Waals surface area (Å²) in [7, 11) is 1.67. The van der Waals surface area contributed by atoms with Crippen molar-refractivity contribution in [3.63, 3.8) is 0 Å². The van der Waals surface area contributed by atoms with Gasteiger partial charge in [-0.05, 0) is 26.8 Å². The van der Waals surface area contributed by atoms with Crippen LogP contribution in [0.15, 0.2) is 17.1 Å². The number of amides is 1. The number of ether oxygens (including phenoxy) is 1. The molecule has 0 aliphatic carbocycles. The molecule has 0 heterocycles. The highest BCUT2D eigenvalue weighted by Crippen LogP contribution is 2.06. The summed E-state index contributed by atoms with van der Waals surface area (Å²) in [5, 5.41) is 2.56. The summed E-state index contributed by atoms with van der Waals surface area (Å²) >= 11 is 0. The molecule has 5 nitrogen and oxygen atoms in total. The van der Waals surface area contributed by atoms with Gasteiger partial charge in [0, 0.05) is 32.1 Å². The molecule has 0 bridgehead atoms. The summed E-state index contributed by atoms with van der Waals surface area (Å²) in [6, 6.07) is 0. The minimum atomic E-state index is -0.524. The van der Waals surface area contributed by atoms with E-state index in [2.05, 4.69) is 10.3 Å². The Kier molecular flexibility index (Phi) is 7.72. The predicted molar refractivity (Wildman–Crippen MR) is 76.6 cm³/mol. The van der Waals surface area contributed by atoms with Crippen molar-refractivity contribution in [3.8, 4) is 0 Å². The van der Waals surface area contributed by atoms with Crippen LogP contribution in [0.2, 0.25) is 0 Å². The zero-order chi connectivity index (χ0) is 14.9. The number of Topliss-reactive ketones (excluding diaryl/α,β-unsaturated/α-hetero) is 1. The van der Waals surface area contributed by atoms with E-state index in [0.717, 1.165) is 0 Å². The summed E-state index contributed by atoms with van der Waals surface area (Å²) in [6.07, 6.45) is 4.94. The van der Waals surface area contributed by atoms with Crippen LogP contribution in [0.4, 0.5) is 4.79 Å². The molecule has 0 rings (SSSR count). The Balaban J connectivity index is 3.94. The quantitative estimate of drug-likeness (QED) is 0.752. The topological polar surface area (TPSA) is 67.8 Å². The Morgan fingerprint density at radius 2 is 2.00 bits per heavy atom. The number of ketones is 1. The SMILES string of the molecule is C/N=C\C=C/C(C)C(=O)CCNC(=O)OC(C)(C)C. The summed E-state index contributed by atoms with van der Waals surface area (Å²) in [5.41, 5.74) is -0.524. The van der Waals surface area contributed by atoms with Crippen LogP contribution < -0.4 is 5.32 Å². The number of hydrogen-bond donors (Lipinski definition) is 1. The van der Waals surface area contributed by atoms with E-state index in [1.165, 1.54) is 0 Å². The molecule has 1 unspecified atom stereocenters. The van der Waals surface area contributed by atoms with Crippen molar-refractivity contribution in [2.24, 2.45) is 10.9 Å². The zero-order valence-electron chi connectivity index (χ0n) is 12.4. The summed E-state index contributed by atoms with van der Waals surface area (Å²) in [6.45, 7) is 7.48. The number of carbonyl (C=O) groups is 2. The molecule has 1 amide bonds. The highest BCUT2D eigenvalue weighted by molar-refractivity contribution is 5.84. The number of aliphatic imine (C=N–C) groups is 1. The van der Waals surface area contributed by atoms with Crippen molar-refractivity contribution in [3.05, 3.63) is 12.2 Å². The molecule has 0 aromatic rings. The van der Waals surface area contributed by atoms with Crippen LogP contribution in [0.25, 0.3) is 0 Å². The van der Waals surface area contributed by atoms with Gasteiger partial charge in [-0.3, -0.25) is 9.79 Å². The van der Waals surface area contributed by atoms with Crippen molar-refractivity contribution >= 4 is 18.1 Å².